The molecule has 1 atom stereocenters. The van der Waals surface area contributed by atoms with Crippen LogP contribution in [-0.2, 0) is 10.6 Å². The van der Waals surface area contributed by atoms with Crippen LogP contribution in [-0.4, -0.2) is 19.3 Å². The molecule has 0 radical (unpaired) electrons. The topological polar surface area (TPSA) is 96.2 Å². The third-order valence-corrected chi connectivity index (χ3v) is 3.67. The summed E-state index contributed by atoms with van der Waals surface area (Å²) < 4.78 is 24.0. The zero-order valence-electron chi connectivity index (χ0n) is 10.7. The summed E-state index contributed by atoms with van der Waals surface area (Å²) in [5, 5.41) is 10.3. The molecule has 2 heterocycles. The summed E-state index contributed by atoms with van der Waals surface area (Å²) in [4.78, 5) is 8.28. The smallest absolute Gasteiger partial charge is 0.238 e. The summed E-state index contributed by atoms with van der Waals surface area (Å²) >= 11 is 0. The zero-order chi connectivity index (χ0) is 14.8. The lowest BCUT2D eigenvalue weighted by Crippen LogP contribution is -1.89. The van der Waals surface area contributed by atoms with Crippen LogP contribution in [0.3, 0.4) is 0 Å². The molecule has 6 nitrogen and oxygen atoms in total. The fourth-order valence-electron chi connectivity index (χ4n) is 1.90. The zero-order valence-corrected chi connectivity index (χ0v) is 11.6. The average Bonchev–Trinajstić information content (AvgIpc) is 2.49. The Morgan fingerprint density at radius 3 is 2.48 bits per heavy atom. The molecule has 7 heteroatoms. The molecular weight excluding hydrogens is 290 g/mol. The predicted octanol–water partition coefficient (Wildman–Crippen LogP) is 2.73. The summed E-state index contributed by atoms with van der Waals surface area (Å²) in [7, 11) is -2.11. The Hall–Kier alpha value is -2.67. The van der Waals surface area contributed by atoms with Crippen molar-refractivity contribution in [2.75, 3.05) is 0 Å². The van der Waals surface area contributed by atoms with Gasteiger partial charge in [0.25, 0.3) is 0 Å². The average molecular weight is 301 g/mol. The maximum atomic E-state index is 11.1. The van der Waals surface area contributed by atoms with Crippen LogP contribution in [0.4, 0.5) is 0 Å². The van der Waals surface area contributed by atoms with Crippen molar-refractivity contribution in [3.05, 3.63) is 48.8 Å². The molecule has 0 saturated heterocycles. The van der Waals surface area contributed by atoms with Crippen LogP contribution >= 0.6 is 0 Å². The van der Waals surface area contributed by atoms with E-state index < -0.39 is 10.6 Å². The Morgan fingerprint density at radius 2 is 1.76 bits per heavy atom. The second-order valence-corrected chi connectivity index (χ2v) is 5.34. The van der Waals surface area contributed by atoms with Gasteiger partial charge in [-0.3, -0.25) is 9.76 Å². The standard InChI is InChI=1S/C14H11N3O3S/c15-21(19)10-3-1-9(2-4-10)20-12-6-8-16-13-11(12)5-7-17-14(13)18/h1-8,15,21H,(H,17,18). The van der Waals surface area contributed by atoms with Gasteiger partial charge in [-0.1, -0.05) is 0 Å². The lowest BCUT2D eigenvalue weighted by atomic mass is 10.2. The number of benzene rings is 1. The van der Waals surface area contributed by atoms with E-state index in [1.54, 1.807) is 36.4 Å². The number of rotatable bonds is 3. The van der Waals surface area contributed by atoms with Gasteiger partial charge in [-0.05, 0) is 36.4 Å². The van der Waals surface area contributed by atoms with Crippen LogP contribution in [0, 0.1) is 4.78 Å². The van der Waals surface area contributed by atoms with E-state index in [0.29, 0.717) is 27.3 Å². The van der Waals surface area contributed by atoms with Gasteiger partial charge in [0.1, 0.15) is 17.0 Å². The van der Waals surface area contributed by atoms with Crippen molar-refractivity contribution >= 4 is 21.5 Å². The molecule has 2 aromatic heterocycles. The fraction of sp³-hybridized carbons (Fsp3) is 0. The van der Waals surface area contributed by atoms with Gasteiger partial charge in [0, 0.05) is 17.3 Å². The number of nitrogens with zero attached hydrogens (tertiary/aromatic N) is 2. The summed E-state index contributed by atoms with van der Waals surface area (Å²) in [6, 6.07) is 9.84. The molecule has 0 aliphatic carbocycles. The number of pyridine rings is 2. The summed E-state index contributed by atoms with van der Waals surface area (Å²) in [6.45, 7) is 0. The first-order valence-electron chi connectivity index (χ1n) is 6.04. The monoisotopic (exact) mass is 301 g/mol. The predicted molar refractivity (Wildman–Crippen MR) is 78.2 cm³/mol. The maximum absolute atomic E-state index is 11.1. The van der Waals surface area contributed by atoms with E-state index in [9.17, 15) is 9.32 Å². The molecule has 3 aromatic rings. The largest absolute Gasteiger partial charge is 0.492 e. The van der Waals surface area contributed by atoms with Crippen molar-refractivity contribution in [2.24, 2.45) is 0 Å². The minimum atomic E-state index is -2.11. The molecule has 0 aliphatic rings. The molecule has 0 spiro atoms. The fourth-order valence-corrected chi connectivity index (χ4v) is 2.32. The molecule has 2 N–H and O–H groups in total. The van der Waals surface area contributed by atoms with Crippen molar-refractivity contribution in [3.63, 3.8) is 0 Å². The molecule has 0 fully saturated rings. The van der Waals surface area contributed by atoms with Crippen molar-refractivity contribution in [3.8, 4) is 17.4 Å². The molecule has 0 bridgehead atoms. The Balaban J connectivity index is 2.00. The third kappa shape index (κ3) is 2.63. The van der Waals surface area contributed by atoms with Gasteiger partial charge in [-0.15, -0.1) is 0 Å². The van der Waals surface area contributed by atoms with Gasteiger partial charge in [0.05, 0.1) is 16.0 Å². The van der Waals surface area contributed by atoms with Crippen molar-refractivity contribution < 1.29 is 14.1 Å². The minimum absolute atomic E-state index is 0.153. The van der Waals surface area contributed by atoms with Crippen LogP contribution in [0.25, 0.3) is 10.9 Å². The lowest BCUT2D eigenvalue weighted by Gasteiger charge is -2.08. The molecule has 1 aromatic carbocycles. The van der Waals surface area contributed by atoms with Crippen LogP contribution in [0.2, 0.25) is 0 Å². The number of fused-ring (bicyclic) bond motifs is 1. The highest BCUT2D eigenvalue weighted by Gasteiger charge is 2.08. The number of hydrogen-bond acceptors (Lipinski definition) is 6. The summed E-state index contributed by atoms with van der Waals surface area (Å²) in [5.41, 5.74) is 0.362. The molecule has 1 unspecified atom stereocenters. The van der Waals surface area contributed by atoms with Gasteiger partial charge in [0.2, 0.25) is 5.88 Å². The van der Waals surface area contributed by atoms with Crippen LogP contribution < -0.4 is 4.74 Å². The number of aromatic hydroxyl groups is 1. The van der Waals surface area contributed by atoms with E-state index in [4.69, 9.17) is 9.52 Å². The van der Waals surface area contributed by atoms with E-state index in [-0.39, 0.29) is 5.88 Å². The van der Waals surface area contributed by atoms with Crippen molar-refractivity contribution in [1.29, 1.82) is 4.78 Å². The van der Waals surface area contributed by atoms with E-state index in [2.05, 4.69) is 9.97 Å². The third-order valence-electron chi connectivity index (χ3n) is 2.90. The molecule has 106 valence electrons. The Kier molecular flexibility index (Phi) is 3.41. The van der Waals surface area contributed by atoms with Crippen LogP contribution in [0.15, 0.2) is 53.7 Å². The van der Waals surface area contributed by atoms with Crippen molar-refractivity contribution in [2.45, 2.75) is 4.90 Å². The molecule has 0 amide bonds. The number of hydrogen-bond donors (Lipinski definition) is 3. The Morgan fingerprint density at radius 1 is 1.05 bits per heavy atom. The normalized spacial score (nSPS) is 12.2. The quantitative estimate of drug-likeness (QED) is 0.646. The summed E-state index contributed by atoms with van der Waals surface area (Å²) in [6.07, 6.45) is 2.99. The first-order chi connectivity index (χ1) is 10.1. The minimum Gasteiger partial charge on any atom is -0.492 e. The first kappa shape index (κ1) is 13.3. The van der Waals surface area contributed by atoms with Crippen LogP contribution in [0.1, 0.15) is 0 Å². The highest BCUT2D eigenvalue weighted by atomic mass is 32.2. The molecule has 0 aliphatic heterocycles. The highest BCUT2D eigenvalue weighted by Crippen LogP contribution is 2.31. The second-order valence-electron chi connectivity index (χ2n) is 4.23. The lowest BCUT2D eigenvalue weighted by molar-refractivity contribution is 0.457. The first-order valence-corrected chi connectivity index (χ1v) is 7.30. The maximum Gasteiger partial charge on any atom is 0.238 e. The van der Waals surface area contributed by atoms with Gasteiger partial charge < -0.3 is 9.84 Å². The van der Waals surface area contributed by atoms with E-state index in [0.717, 1.165) is 0 Å². The van der Waals surface area contributed by atoms with Gasteiger partial charge in [0.15, 0.2) is 0 Å². The van der Waals surface area contributed by atoms with Gasteiger partial charge in [-0.25, -0.2) is 9.19 Å². The molecule has 0 saturated carbocycles. The Labute approximate surface area is 122 Å². The number of thiol groups is 1. The SMILES string of the molecule is N=[SH](=O)c1ccc(Oc2ccnc3c(O)nccc23)cc1. The summed E-state index contributed by atoms with van der Waals surface area (Å²) in [5.74, 6) is 0.916. The number of ether oxygens (including phenoxy) is 1. The molecular formula is C14H11N3O3S. The number of aromatic nitrogens is 2. The van der Waals surface area contributed by atoms with Gasteiger partial charge >= 0.3 is 0 Å². The van der Waals surface area contributed by atoms with E-state index in [1.165, 1.54) is 12.4 Å². The van der Waals surface area contributed by atoms with E-state index in [1.807, 2.05) is 0 Å². The Bertz CT molecular complexity index is 868. The highest BCUT2D eigenvalue weighted by molar-refractivity contribution is 7.73. The molecule has 3 rings (SSSR count). The van der Waals surface area contributed by atoms with E-state index >= 15 is 0 Å². The van der Waals surface area contributed by atoms with Crippen LogP contribution in [0.5, 0.6) is 17.4 Å². The second kappa shape index (κ2) is 5.37. The van der Waals surface area contributed by atoms with Gasteiger partial charge in [-0.2, -0.15) is 0 Å². The van der Waals surface area contributed by atoms with Crippen molar-refractivity contribution in [1.82, 2.24) is 9.97 Å². The number of nitrogens with one attached hydrogen (secondary N) is 1. The molecule has 21 heavy (non-hydrogen) atoms.